The fourth-order valence-electron chi connectivity index (χ4n) is 3.59. The molecule has 0 bridgehead atoms. The summed E-state index contributed by atoms with van der Waals surface area (Å²) in [4.78, 5) is 13.3. The number of nitrogens with zero attached hydrogens (tertiary/aromatic N) is 2. The van der Waals surface area contributed by atoms with Crippen molar-refractivity contribution in [1.82, 2.24) is 20.3 Å². The van der Waals surface area contributed by atoms with Crippen LogP contribution in [0.2, 0.25) is 0 Å². The Bertz CT molecular complexity index is 1350. The predicted molar refractivity (Wildman–Crippen MR) is 129 cm³/mol. The van der Waals surface area contributed by atoms with Crippen LogP contribution in [0.5, 0.6) is 0 Å². The molecule has 32 heavy (non-hydrogen) atoms. The van der Waals surface area contributed by atoms with Crippen molar-refractivity contribution in [3.63, 3.8) is 0 Å². The lowest BCUT2D eigenvalue weighted by atomic mass is 10.1. The molecule has 5 aromatic rings. The molecule has 0 fully saturated rings. The molecular formula is C24H23N5O2S. The van der Waals surface area contributed by atoms with E-state index in [1.54, 1.807) is 17.7 Å². The van der Waals surface area contributed by atoms with E-state index in [4.69, 9.17) is 5.11 Å². The third kappa shape index (κ3) is 4.35. The number of aromatic amines is 1. The number of hydrogen-bond acceptors (Lipinski definition) is 7. The lowest BCUT2D eigenvalue weighted by Crippen LogP contribution is -2.28. The number of hydrogen-bond donors (Lipinski definition) is 5. The molecule has 1 atom stereocenters. The maximum atomic E-state index is 9.42. The number of fused-ring (bicyclic) bond motifs is 2. The minimum atomic E-state index is -0.735. The van der Waals surface area contributed by atoms with Crippen molar-refractivity contribution in [3.8, 4) is 10.4 Å². The van der Waals surface area contributed by atoms with Gasteiger partial charge in [-0.1, -0.05) is 24.3 Å². The molecule has 0 spiro atoms. The molecule has 3 heterocycles. The molecule has 0 amide bonds. The van der Waals surface area contributed by atoms with Crippen molar-refractivity contribution in [2.24, 2.45) is 0 Å². The van der Waals surface area contributed by atoms with Crippen LogP contribution in [0.3, 0.4) is 0 Å². The van der Waals surface area contributed by atoms with E-state index < -0.39 is 6.10 Å². The van der Waals surface area contributed by atoms with E-state index in [1.807, 2.05) is 18.3 Å². The third-order valence-electron chi connectivity index (χ3n) is 5.29. The van der Waals surface area contributed by atoms with E-state index in [0.717, 1.165) is 48.6 Å². The van der Waals surface area contributed by atoms with Crippen LogP contribution in [0.1, 0.15) is 5.56 Å². The Balaban J connectivity index is 1.35. The summed E-state index contributed by atoms with van der Waals surface area (Å²) in [6.45, 7) is 0.757. The Hall–Kier alpha value is -3.30. The van der Waals surface area contributed by atoms with Crippen LogP contribution >= 0.6 is 11.3 Å². The summed E-state index contributed by atoms with van der Waals surface area (Å²) in [5, 5.41) is 26.0. The molecular weight excluding hydrogens is 422 g/mol. The van der Waals surface area contributed by atoms with Crippen molar-refractivity contribution in [1.29, 1.82) is 0 Å². The summed E-state index contributed by atoms with van der Waals surface area (Å²) in [7, 11) is 0. The van der Waals surface area contributed by atoms with Gasteiger partial charge in [0.05, 0.1) is 22.9 Å². The molecule has 0 aliphatic carbocycles. The summed E-state index contributed by atoms with van der Waals surface area (Å²) < 4.78 is 1.01. The molecule has 0 radical (unpaired) electrons. The summed E-state index contributed by atoms with van der Waals surface area (Å²) in [5.74, 6) is 0.796. The van der Waals surface area contributed by atoms with Crippen LogP contribution in [0.15, 0.2) is 67.1 Å². The molecule has 162 valence electrons. The minimum Gasteiger partial charge on any atom is -0.394 e. The Morgan fingerprint density at radius 1 is 1.03 bits per heavy atom. The highest BCUT2D eigenvalue weighted by atomic mass is 32.1. The van der Waals surface area contributed by atoms with Crippen LogP contribution in [0, 0.1) is 0 Å². The lowest BCUT2D eigenvalue weighted by molar-refractivity contribution is 0.0942. The number of anilines is 2. The van der Waals surface area contributed by atoms with Gasteiger partial charge in [0, 0.05) is 40.8 Å². The highest BCUT2D eigenvalue weighted by molar-refractivity contribution is 7.22. The summed E-state index contributed by atoms with van der Waals surface area (Å²) in [5.41, 5.74) is 5.23. The van der Waals surface area contributed by atoms with Crippen molar-refractivity contribution in [3.05, 3.63) is 72.7 Å². The molecule has 0 aliphatic heterocycles. The fraction of sp³-hybridized carbons (Fsp3) is 0.167. The second kappa shape index (κ2) is 9.05. The van der Waals surface area contributed by atoms with E-state index in [2.05, 4.69) is 68.1 Å². The van der Waals surface area contributed by atoms with Crippen molar-refractivity contribution in [2.75, 3.05) is 18.5 Å². The Kier molecular flexibility index (Phi) is 5.83. The SMILES string of the molecule is OCC(O)CNCc1ccc(-c2cc3ncnc(Nc4ccc5[nH]ccc5c4)c3s2)cc1. The molecule has 0 saturated carbocycles. The van der Waals surface area contributed by atoms with Gasteiger partial charge in [0.15, 0.2) is 5.82 Å². The van der Waals surface area contributed by atoms with E-state index >= 15 is 0 Å². The molecule has 5 rings (SSSR count). The monoisotopic (exact) mass is 445 g/mol. The standard InChI is InChI=1S/C24H23N5O2S/c30-13-19(31)12-25-11-15-1-3-16(4-2-15)22-10-21-23(32-22)24(28-14-27-21)29-18-5-6-20-17(9-18)7-8-26-20/h1-10,14,19,25-26,30-31H,11-13H2,(H,27,28,29). The van der Waals surface area contributed by atoms with E-state index in [1.165, 1.54) is 0 Å². The first-order valence-electron chi connectivity index (χ1n) is 10.4. The van der Waals surface area contributed by atoms with Gasteiger partial charge < -0.3 is 25.8 Å². The number of aliphatic hydroxyl groups is 2. The molecule has 0 aliphatic rings. The molecule has 0 saturated heterocycles. The number of aromatic nitrogens is 3. The number of benzene rings is 2. The van der Waals surface area contributed by atoms with Crippen LogP contribution in [-0.2, 0) is 6.54 Å². The van der Waals surface area contributed by atoms with Crippen LogP contribution in [0.25, 0.3) is 31.6 Å². The van der Waals surface area contributed by atoms with Gasteiger partial charge in [0.25, 0.3) is 0 Å². The van der Waals surface area contributed by atoms with Gasteiger partial charge in [-0.2, -0.15) is 0 Å². The Morgan fingerprint density at radius 2 is 1.91 bits per heavy atom. The molecule has 5 N–H and O–H groups in total. The van der Waals surface area contributed by atoms with Crippen molar-refractivity contribution >= 4 is 44.0 Å². The minimum absolute atomic E-state index is 0.238. The second-order valence-corrected chi connectivity index (χ2v) is 8.67. The zero-order valence-electron chi connectivity index (χ0n) is 17.2. The first kappa shape index (κ1) is 20.6. The Labute approximate surface area is 188 Å². The number of thiophene rings is 1. The molecule has 7 nitrogen and oxygen atoms in total. The van der Waals surface area contributed by atoms with Gasteiger partial charge in [-0.25, -0.2) is 9.97 Å². The summed E-state index contributed by atoms with van der Waals surface area (Å²) in [6, 6.07) is 18.6. The third-order valence-corrected chi connectivity index (χ3v) is 6.47. The van der Waals surface area contributed by atoms with Gasteiger partial charge >= 0.3 is 0 Å². The largest absolute Gasteiger partial charge is 0.394 e. The maximum absolute atomic E-state index is 9.42. The number of rotatable bonds is 8. The number of nitrogens with one attached hydrogen (secondary N) is 3. The van der Waals surface area contributed by atoms with Gasteiger partial charge in [-0.3, -0.25) is 0 Å². The quantitative estimate of drug-likeness (QED) is 0.247. The van der Waals surface area contributed by atoms with Crippen molar-refractivity contribution < 1.29 is 10.2 Å². The predicted octanol–water partition coefficient (Wildman–Crippen LogP) is 4.03. The molecule has 8 heteroatoms. The average Bonchev–Trinajstić information content (AvgIpc) is 3.46. The smallest absolute Gasteiger partial charge is 0.151 e. The zero-order chi connectivity index (χ0) is 21.9. The van der Waals surface area contributed by atoms with Gasteiger partial charge in [0.1, 0.15) is 6.33 Å². The van der Waals surface area contributed by atoms with Crippen LogP contribution < -0.4 is 10.6 Å². The van der Waals surface area contributed by atoms with E-state index in [0.29, 0.717) is 13.1 Å². The zero-order valence-corrected chi connectivity index (χ0v) is 18.1. The summed E-state index contributed by atoms with van der Waals surface area (Å²) in [6.07, 6.45) is 2.79. The number of H-pyrrole nitrogens is 1. The fourth-order valence-corrected chi connectivity index (χ4v) is 4.65. The van der Waals surface area contributed by atoms with Crippen molar-refractivity contribution in [2.45, 2.75) is 12.6 Å². The topological polar surface area (TPSA) is 106 Å². The summed E-state index contributed by atoms with van der Waals surface area (Å²) >= 11 is 1.66. The molecule has 2 aromatic carbocycles. The van der Waals surface area contributed by atoms with Crippen LogP contribution in [-0.4, -0.2) is 44.4 Å². The highest BCUT2D eigenvalue weighted by Crippen LogP contribution is 2.36. The Morgan fingerprint density at radius 3 is 2.75 bits per heavy atom. The lowest BCUT2D eigenvalue weighted by Gasteiger charge is -2.09. The number of aliphatic hydroxyl groups excluding tert-OH is 2. The van der Waals surface area contributed by atoms with Crippen LogP contribution in [0.4, 0.5) is 11.5 Å². The first-order valence-corrected chi connectivity index (χ1v) is 11.2. The maximum Gasteiger partial charge on any atom is 0.151 e. The normalized spacial score (nSPS) is 12.4. The molecule has 1 unspecified atom stereocenters. The highest BCUT2D eigenvalue weighted by Gasteiger charge is 2.11. The van der Waals surface area contributed by atoms with E-state index in [-0.39, 0.29) is 6.61 Å². The van der Waals surface area contributed by atoms with Gasteiger partial charge in [-0.15, -0.1) is 11.3 Å². The average molecular weight is 446 g/mol. The molecule has 3 aromatic heterocycles. The first-order chi connectivity index (χ1) is 15.7. The second-order valence-electron chi connectivity index (χ2n) is 7.62. The van der Waals surface area contributed by atoms with Gasteiger partial charge in [0.2, 0.25) is 0 Å². The van der Waals surface area contributed by atoms with E-state index in [9.17, 15) is 5.11 Å². The van der Waals surface area contributed by atoms with Gasteiger partial charge in [-0.05, 0) is 41.5 Å².